The first-order chi connectivity index (χ1) is 3.41. The topological polar surface area (TPSA) is 29.5 Å². The van der Waals surface area contributed by atoms with Crippen LogP contribution in [0.25, 0.3) is 0 Å². The van der Waals surface area contributed by atoms with Gasteiger partial charge in [0.25, 0.3) is 0 Å². The zero-order valence-corrected chi connectivity index (χ0v) is 4.26. The molecule has 0 amide bonds. The van der Waals surface area contributed by atoms with Crippen molar-refractivity contribution in [3.63, 3.8) is 0 Å². The maximum atomic E-state index is 8.02. The lowest BCUT2D eigenvalue weighted by molar-refractivity contribution is 0.0322. The molecule has 0 aliphatic heterocycles. The van der Waals surface area contributed by atoms with E-state index in [1.54, 1.807) is 6.61 Å². The summed E-state index contributed by atoms with van der Waals surface area (Å²) in [6.07, 6.45) is 1.63. The second-order valence-electron chi connectivity index (χ2n) is 1.10. The van der Waals surface area contributed by atoms with Crippen LogP contribution in [0.4, 0.5) is 0 Å². The fraction of sp³-hybridized carbons (Fsp3) is 0.600. The minimum absolute atomic E-state index is 0.222. The van der Waals surface area contributed by atoms with Crippen LogP contribution >= 0.6 is 0 Å². The van der Waals surface area contributed by atoms with Crippen molar-refractivity contribution in [2.75, 3.05) is 6.79 Å². The molecule has 2 heteroatoms. The number of aliphatic hydroxyl groups excluding tert-OH is 1. The lowest BCUT2D eigenvalue weighted by atomic mass is 10.4. The number of rotatable bonds is 4. The Bertz CT molecular complexity index is 25.3. The van der Waals surface area contributed by atoms with Crippen LogP contribution in [-0.2, 0) is 4.74 Å². The first-order valence-electron chi connectivity index (χ1n) is 2.25. The molecule has 0 aromatic heterocycles. The van der Waals surface area contributed by atoms with Gasteiger partial charge in [-0.3, -0.25) is 0 Å². The van der Waals surface area contributed by atoms with Gasteiger partial charge < -0.3 is 9.84 Å². The first kappa shape index (κ1) is 6.92. The minimum atomic E-state index is -0.222. The van der Waals surface area contributed by atoms with E-state index >= 15 is 0 Å². The Balaban J connectivity index is 2.45. The summed E-state index contributed by atoms with van der Waals surface area (Å²) in [4.78, 5) is 0. The zero-order chi connectivity index (χ0) is 5.54. The molecule has 0 unspecified atom stereocenters. The highest BCUT2D eigenvalue weighted by atomic mass is 16.6. The van der Waals surface area contributed by atoms with Crippen LogP contribution in [0.5, 0.6) is 0 Å². The van der Waals surface area contributed by atoms with Crippen LogP contribution in [0.2, 0.25) is 0 Å². The minimum Gasteiger partial charge on any atom is -0.371 e. The van der Waals surface area contributed by atoms with Gasteiger partial charge in [-0.2, -0.15) is 0 Å². The molecule has 0 spiro atoms. The van der Waals surface area contributed by atoms with E-state index < -0.39 is 0 Å². The highest BCUT2D eigenvalue weighted by Crippen LogP contribution is 1.90. The smallest absolute Gasteiger partial charge is 0.144 e. The Hall–Kier alpha value is -0.0800. The van der Waals surface area contributed by atoms with E-state index in [0.29, 0.717) is 0 Å². The predicted octanol–water partition coefficient (Wildman–Crippen LogP) is 0.729. The fourth-order valence-electron chi connectivity index (χ4n) is 0.219. The van der Waals surface area contributed by atoms with Gasteiger partial charge in [0.15, 0.2) is 0 Å². The summed E-state index contributed by atoms with van der Waals surface area (Å²) >= 11 is 0. The van der Waals surface area contributed by atoms with Crippen LogP contribution in [0.3, 0.4) is 0 Å². The molecule has 0 aromatic carbocycles. The second kappa shape index (κ2) is 5.92. The van der Waals surface area contributed by atoms with Gasteiger partial charge in [-0.1, -0.05) is 13.3 Å². The SMILES string of the molecule is [CH2]CC[CH]OCO. The van der Waals surface area contributed by atoms with Gasteiger partial charge in [0.1, 0.15) is 6.79 Å². The molecule has 0 heterocycles. The van der Waals surface area contributed by atoms with Gasteiger partial charge in [-0.15, -0.1) is 0 Å². The van der Waals surface area contributed by atoms with Crippen molar-refractivity contribution in [3.8, 4) is 0 Å². The Kier molecular flexibility index (Phi) is 5.85. The van der Waals surface area contributed by atoms with E-state index in [9.17, 15) is 0 Å². The molecule has 0 aromatic rings. The fourth-order valence-corrected chi connectivity index (χ4v) is 0.219. The van der Waals surface area contributed by atoms with E-state index in [1.807, 2.05) is 0 Å². The van der Waals surface area contributed by atoms with E-state index in [1.165, 1.54) is 0 Å². The van der Waals surface area contributed by atoms with Gasteiger partial charge in [0.2, 0.25) is 0 Å². The Morgan fingerprint density at radius 1 is 1.71 bits per heavy atom. The summed E-state index contributed by atoms with van der Waals surface area (Å²) in [6, 6.07) is 0. The van der Waals surface area contributed by atoms with E-state index in [0.717, 1.165) is 12.8 Å². The van der Waals surface area contributed by atoms with Crippen molar-refractivity contribution in [2.24, 2.45) is 0 Å². The predicted molar refractivity (Wildman–Crippen MR) is 27.1 cm³/mol. The monoisotopic (exact) mass is 102 g/mol. The van der Waals surface area contributed by atoms with Gasteiger partial charge in [-0.25, -0.2) is 0 Å². The van der Waals surface area contributed by atoms with Crippen molar-refractivity contribution in [2.45, 2.75) is 12.8 Å². The molecule has 0 bridgehead atoms. The van der Waals surface area contributed by atoms with Crippen LogP contribution < -0.4 is 0 Å². The molecule has 0 aliphatic rings. The third-order valence-electron chi connectivity index (χ3n) is 0.514. The number of hydrogen-bond donors (Lipinski definition) is 1. The van der Waals surface area contributed by atoms with Crippen LogP contribution in [0, 0.1) is 13.5 Å². The summed E-state index contributed by atoms with van der Waals surface area (Å²) in [5.41, 5.74) is 0. The molecular formula is C5H10O2. The summed E-state index contributed by atoms with van der Waals surface area (Å²) in [6.45, 7) is 4.89. The van der Waals surface area contributed by atoms with Gasteiger partial charge >= 0.3 is 0 Å². The standard InChI is InChI=1S/C5H10O2/c1-2-3-4-7-5-6/h4,6H,1-3,5H2. The lowest BCUT2D eigenvalue weighted by Gasteiger charge is -1.92. The normalized spacial score (nSPS) is 9.43. The molecular weight excluding hydrogens is 92.1 g/mol. The molecule has 2 nitrogen and oxygen atoms in total. The summed E-state index contributed by atoms with van der Waals surface area (Å²) < 4.78 is 4.46. The van der Waals surface area contributed by atoms with Gasteiger partial charge in [0.05, 0.1) is 6.61 Å². The Morgan fingerprint density at radius 2 is 2.43 bits per heavy atom. The molecule has 0 saturated carbocycles. The quantitative estimate of drug-likeness (QED) is 0.419. The number of aliphatic hydroxyl groups is 1. The molecule has 2 radical (unpaired) electrons. The van der Waals surface area contributed by atoms with E-state index in [-0.39, 0.29) is 6.79 Å². The summed E-state index contributed by atoms with van der Waals surface area (Å²) in [7, 11) is 0. The molecule has 42 valence electrons. The average molecular weight is 102 g/mol. The number of ether oxygens (including phenoxy) is 1. The van der Waals surface area contributed by atoms with Crippen LogP contribution in [-0.4, -0.2) is 11.9 Å². The number of unbranched alkanes of at least 4 members (excludes halogenated alkanes) is 1. The molecule has 7 heavy (non-hydrogen) atoms. The molecule has 0 fully saturated rings. The van der Waals surface area contributed by atoms with Crippen molar-refractivity contribution < 1.29 is 9.84 Å². The van der Waals surface area contributed by atoms with Gasteiger partial charge in [-0.05, 0) is 6.42 Å². The maximum Gasteiger partial charge on any atom is 0.144 e. The molecule has 0 rings (SSSR count). The van der Waals surface area contributed by atoms with Crippen LogP contribution in [0.1, 0.15) is 12.8 Å². The Labute approximate surface area is 44.1 Å². The summed E-state index contributed by atoms with van der Waals surface area (Å²) in [5, 5.41) is 8.02. The van der Waals surface area contributed by atoms with E-state index in [2.05, 4.69) is 11.7 Å². The number of hydrogen-bond acceptors (Lipinski definition) is 2. The first-order valence-corrected chi connectivity index (χ1v) is 2.25. The molecule has 0 saturated heterocycles. The molecule has 1 N–H and O–H groups in total. The van der Waals surface area contributed by atoms with Crippen molar-refractivity contribution in [1.82, 2.24) is 0 Å². The van der Waals surface area contributed by atoms with Crippen LogP contribution in [0.15, 0.2) is 0 Å². The van der Waals surface area contributed by atoms with Gasteiger partial charge in [0, 0.05) is 0 Å². The second-order valence-corrected chi connectivity index (χ2v) is 1.10. The summed E-state index contributed by atoms with van der Waals surface area (Å²) in [5.74, 6) is 0. The highest BCUT2D eigenvalue weighted by Gasteiger charge is 1.80. The molecule has 0 atom stereocenters. The molecule has 0 aliphatic carbocycles. The zero-order valence-electron chi connectivity index (χ0n) is 4.26. The van der Waals surface area contributed by atoms with Crippen molar-refractivity contribution >= 4 is 0 Å². The largest absolute Gasteiger partial charge is 0.371 e. The maximum absolute atomic E-state index is 8.02. The average Bonchev–Trinajstić information content (AvgIpc) is 1.69. The highest BCUT2D eigenvalue weighted by molar-refractivity contribution is 4.49. The lowest BCUT2D eigenvalue weighted by Crippen LogP contribution is -1.87. The third-order valence-corrected chi connectivity index (χ3v) is 0.514. The van der Waals surface area contributed by atoms with Crippen molar-refractivity contribution in [3.05, 3.63) is 13.5 Å². The third kappa shape index (κ3) is 5.92. The van der Waals surface area contributed by atoms with E-state index in [4.69, 9.17) is 5.11 Å². The van der Waals surface area contributed by atoms with Crippen molar-refractivity contribution in [1.29, 1.82) is 0 Å². The Morgan fingerprint density at radius 3 is 2.86 bits per heavy atom.